The molecule has 1 amide bonds. The third-order valence-electron chi connectivity index (χ3n) is 8.61. The van der Waals surface area contributed by atoms with Crippen molar-refractivity contribution in [2.75, 3.05) is 0 Å². The Balaban J connectivity index is 1.69. The van der Waals surface area contributed by atoms with Crippen LogP contribution < -0.4 is 4.74 Å². The minimum absolute atomic E-state index is 0.204. The van der Waals surface area contributed by atoms with Gasteiger partial charge in [-0.1, -0.05) is 144 Å². The summed E-state index contributed by atoms with van der Waals surface area (Å²) in [5.74, 6) is 0.522. The first-order valence-corrected chi connectivity index (χ1v) is 15.7. The van der Waals surface area contributed by atoms with Crippen LogP contribution in [0.25, 0.3) is 0 Å². The highest BCUT2D eigenvalue weighted by Gasteiger charge is 2.62. The summed E-state index contributed by atoms with van der Waals surface area (Å²) in [6, 6.07) is 30.4. The molecule has 0 saturated carbocycles. The van der Waals surface area contributed by atoms with Crippen molar-refractivity contribution < 1.29 is 14.6 Å². The number of amides is 1. The number of thioether (sulfide) groups is 1. The van der Waals surface area contributed by atoms with Crippen molar-refractivity contribution in [3.8, 4) is 11.5 Å². The van der Waals surface area contributed by atoms with Crippen molar-refractivity contribution in [3.63, 3.8) is 0 Å². The van der Waals surface area contributed by atoms with Crippen LogP contribution in [-0.2, 0) is 15.6 Å². The summed E-state index contributed by atoms with van der Waals surface area (Å²) in [5, 5.41) is 12.3. The number of carbonyl (C=O) groups excluding carboxylic acids is 1. The number of nitrogens with zero attached hydrogens (tertiary/aromatic N) is 1. The number of aliphatic imine (C=N–C) groups is 1. The molecule has 0 radical (unpaired) electrons. The van der Waals surface area contributed by atoms with Gasteiger partial charge in [0.15, 0.2) is 4.75 Å². The molecule has 0 fully saturated rings. The first-order valence-electron chi connectivity index (χ1n) is 14.9. The van der Waals surface area contributed by atoms with E-state index in [0.29, 0.717) is 10.8 Å². The Kier molecular flexibility index (Phi) is 7.08. The first kappa shape index (κ1) is 29.3. The molecule has 220 valence electrons. The molecule has 6 rings (SSSR count). The minimum Gasteiger partial charge on any atom is -0.507 e. The van der Waals surface area contributed by atoms with E-state index in [1.807, 2.05) is 66.7 Å². The van der Waals surface area contributed by atoms with Crippen LogP contribution in [0.2, 0.25) is 0 Å². The number of ether oxygens (including phenoxy) is 1. The van der Waals surface area contributed by atoms with E-state index in [9.17, 15) is 9.90 Å². The molecule has 4 aromatic carbocycles. The maximum Gasteiger partial charge on any atom is 0.268 e. The van der Waals surface area contributed by atoms with Crippen LogP contribution in [0.3, 0.4) is 0 Å². The van der Waals surface area contributed by atoms with Crippen LogP contribution in [0.5, 0.6) is 11.5 Å². The fraction of sp³-hybridized carbons (Fsp3) is 0.316. The van der Waals surface area contributed by atoms with Gasteiger partial charge in [0.05, 0.1) is 0 Å². The number of rotatable bonds is 3. The molecule has 1 N–H and O–H groups in total. The van der Waals surface area contributed by atoms with Crippen LogP contribution in [0.1, 0.15) is 92.5 Å². The van der Waals surface area contributed by atoms with E-state index < -0.39 is 16.8 Å². The molecule has 43 heavy (non-hydrogen) atoms. The zero-order valence-corrected chi connectivity index (χ0v) is 26.8. The fourth-order valence-corrected chi connectivity index (χ4v) is 7.95. The molecule has 4 nitrogen and oxygen atoms in total. The lowest BCUT2D eigenvalue weighted by atomic mass is 9.69. The zero-order chi connectivity index (χ0) is 30.7. The van der Waals surface area contributed by atoms with Gasteiger partial charge in [0, 0.05) is 17.0 Å². The zero-order valence-electron chi connectivity index (χ0n) is 25.9. The summed E-state index contributed by atoms with van der Waals surface area (Å²) in [6.45, 7) is 14.8. The minimum atomic E-state index is -1.12. The number of aromatic hydroxyl groups is 1. The number of benzene rings is 4. The van der Waals surface area contributed by atoms with Crippen LogP contribution in [0.4, 0.5) is 0 Å². The molecule has 1 spiro atoms. The van der Waals surface area contributed by atoms with E-state index in [1.165, 1.54) is 11.8 Å². The van der Waals surface area contributed by atoms with Gasteiger partial charge in [0.25, 0.3) is 5.91 Å². The molecule has 0 saturated heterocycles. The third-order valence-corrected chi connectivity index (χ3v) is 10.1. The second-order valence-corrected chi connectivity index (χ2v) is 15.0. The SMILES string of the molecule is Cc1cccc2c1O[C@H](c1ccccc1)[C@]1(SC(c3ccccc3)=NC1=O)[C@@H]2c1cc(C(C)(C)C)c(O)c(C(C)(C)C)c1. The number of phenolic OH excluding ortho intramolecular Hbond substituents is 1. The van der Waals surface area contributed by atoms with Gasteiger partial charge < -0.3 is 9.84 Å². The highest BCUT2D eigenvalue weighted by molar-refractivity contribution is 8.16. The normalized spacial score (nSPS) is 21.8. The van der Waals surface area contributed by atoms with Gasteiger partial charge in [-0.05, 0) is 45.6 Å². The molecule has 2 aliphatic rings. The summed E-state index contributed by atoms with van der Waals surface area (Å²) in [7, 11) is 0. The highest BCUT2D eigenvalue weighted by atomic mass is 32.2. The van der Waals surface area contributed by atoms with Gasteiger partial charge in [-0.15, -0.1) is 0 Å². The fourth-order valence-electron chi connectivity index (χ4n) is 6.45. The monoisotopic (exact) mass is 589 g/mol. The highest BCUT2D eigenvalue weighted by Crippen LogP contribution is 2.62. The van der Waals surface area contributed by atoms with Crippen LogP contribution in [0, 0.1) is 6.92 Å². The molecule has 2 aliphatic heterocycles. The third kappa shape index (κ3) is 4.88. The van der Waals surface area contributed by atoms with E-state index in [-0.39, 0.29) is 16.7 Å². The van der Waals surface area contributed by atoms with Crippen molar-refractivity contribution >= 4 is 22.7 Å². The molecular formula is C38H39NO3S. The van der Waals surface area contributed by atoms with Gasteiger partial charge in [-0.25, -0.2) is 4.99 Å². The van der Waals surface area contributed by atoms with Gasteiger partial charge in [0.2, 0.25) is 0 Å². The molecule has 0 aromatic heterocycles. The summed E-state index contributed by atoms with van der Waals surface area (Å²) in [4.78, 5) is 19.4. The molecule has 5 heteroatoms. The smallest absolute Gasteiger partial charge is 0.268 e. The number of hydrogen-bond donors (Lipinski definition) is 1. The Hall–Kier alpha value is -3.83. The van der Waals surface area contributed by atoms with Crippen LogP contribution in [-0.4, -0.2) is 20.8 Å². The van der Waals surface area contributed by atoms with E-state index in [0.717, 1.165) is 44.7 Å². The van der Waals surface area contributed by atoms with E-state index >= 15 is 0 Å². The Labute approximate surface area is 259 Å². The maximum atomic E-state index is 14.7. The van der Waals surface area contributed by atoms with Gasteiger partial charge in [0.1, 0.15) is 22.6 Å². The van der Waals surface area contributed by atoms with E-state index in [2.05, 4.69) is 72.7 Å². The second kappa shape index (κ2) is 10.4. The maximum absolute atomic E-state index is 14.7. The van der Waals surface area contributed by atoms with E-state index in [1.54, 1.807) is 0 Å². The number of phenols is 1. The number of para-hydroxylation sites is 1. The Morgan fingerprint density at radius 2 is 1.37 bits per heavy atom. The standard InChI is InChI=1S/C38H39NO3S/c1-23-15-14-20-27-30(26-21-28(36(2,3)4)31(40)29(22-26)37(5,6)7)38(33(42-32(23)27)24-16-10-8-11-17-24)35(41)39-34(43-38)25-18-12-9-13-19-25/h8-22,30,33,40H,1-7H3/t30-,33-,38-/m1/s1. The van der Waals surface area contributed by atoms with Crippen molar-refractivity contribution in [2.45, 2.75) is 76.1 Å². The van der Waals surface area contributed by atoms with Crippen molar-refractivity contribution in [1.29, 1.82) is 0 Å². The van der Waals surface area contributed by atoms with Crippen molar-refractivity contribution in [2.24, 2.45) is 4.99 Å². The van der Waals surface area contributed by atoms with Crippen LogP contribution >= 0.6 is 11.8 Å². The molecule has 2 heterocycles. The summed E-state index contributed by atoms with van der Waals surface area (Å²) >= 11 is 1.51. The largest absolute Gasteiger partial charge is 0.507 e. The quantitative estimate of drug-likeness (QED) is 0.259. The topological polar surface area (TPSA) is 58.9 Å². The Bertz CT molecular complexity index is 1700. The average molecular weight is 590 g/mol. The molecule has 0 bridgehead atoms. The second-order valence-electron chi connectivity index (χ2n) is 13.8. The average Bonchev–Trinajstić information content (AvgIpc) is 3.29. The molecule has 0 unspecified atom stereocenters. The number of aryl methyl sites for hydroxylation is 1. The molecular weight excluding hydrogens is 550 g/mol. The van der Waals surface area contributed by atoms with Crippen molar-refractivity contribution in [3.05, 3.63) is 130 Å². The molecule has 4 aromatic rings. The Morgan fingerprint density at radius 3 is 1.95 bits per heavy atom. The Morgan fingerprint density at radius 1 is 0.791 bits per heavy atom. The summed E-state index contributed by atoms with van der Waals surface area (Å²) < 4.78 is 5.83. The van der Waals surface area contributed by atoms with Gasteiger partial charge in [-0.3, -0.25) is 4.79 Å². The number of hydrogen-bond acceptors (Lipinski definition) is 4. The van der Waals surface area contributed by atoms with Gasteiger partial charge >= 0.3 is 0 Å². The molecule has 0 aliphatic carbocycles. The lowest BCUT2D eigenvalue weighted by molar-refractivity contribution is -0.123. The first-order chi connectivity index (χ1) is 20.3. The lowest BCUT2D eigenvalue weighted by Crippen LogP contribution is -2.50. The summed E-state index contributed by atoms with van der Waals surface area (Å²) in [5.41, 5.74) is 5.87. The van der Waals surface area contributed by atoms with Crippen LogP contribution in [0.15, 0.2) is 96.0 Å². The number of carbonyl (C=O) groups is 1. The predicted molar refractivity (Wildman–Crippen MR) is 177 cm³/mol. The number of fused-ring (bicyclic) bond motifs is 1. The molecule has 3 atom stereocenters. The van der Waals surface area contributed by atoms with Crippen molar-refractivity contribution in [1.82, 2.24) is 0 Å². The van der Waals surface area contributed by atoms with E-state index in [4.69, 9.17) is 9.73 Å². The lowest BCUT2D eigenvalue weighted by Gasteiger charge is -2.46. The summed E-state index contributed by atoms with van der Waals surface area (Å²) in [6.07, 6.45) is -0.597. The predicted octanol–water partition coefficient (Wildman–Crippen LogP) is 9.02. The van der Waals surface area contributed by atoms with Gasteiger partial charge in [-0.2, -0.15) is 0 Å².